The Balaban J connectivity index is 2.36. The second-order valence-corrected chi connectivity index (χ2v) is 4.60. The number of rotatable bonds is 2. The summed E-state index contributed by atoms with van der Waals surface area (Å²) < 4.78 is 0. The number of para-hydroxylation sites is 1. The lowest BCUT2D eigenvalue weighted by atomic mass is 10.0. The van der Waals surface area contributed by atoms with Crippen LogP contribution >= 0.6 is 11.6 Å². The smallest absolute Gasteiger partial charge is 0.141 e. The molecule has 3 nitrogen and oxygen atoms in total. The van der Waals surface area contributed by atoms with Gasteiger partial charge in [0, 0.05) is 16.0 Å². The molecule has 0 aliphatic heterocycles. The second-order valence-electron chi connectivity index (χ2n) is 4.20. The molecule has 0 aliphatic carbocycles. The topological polar surface area (TPSA) is 50.9 Å². The zero-order valence-electron chi connectivity index (χ0n) is 10.1. The van der Waals surface area contributed by atoms with Gasteiger partial charge < -0.3 is 5.43 Å². The number of nitrogens with one attached hydrogen (secondary N) is 1. The highest BCUT2D eigenvalue weighted by atomic mass is 35.5. The molecule has 94 valence electrons. The summed E-state index contributed by atoms with van der Waals surface area (Å²) in [7, 11) is 0. The molecule has 0 bridgehead atoms. The Morgan fingerprint density at radius 1 is 0.947 bits per heavy atom. The lowest BCUT2D eigenvalue weighted by Crippen LogP contribution is -2.08. The molecule has 1 aromatic heterocycles. The maximum atomic E-state index is 6.28. The summed E-state index contributed by atoms with van der Waals surface area (Å²) in [4.78, 5) is 4.43. The van der Waals surface area contributed by atoms with Crippen molar-refractivity contribution >= 4 is 28.3 Å². The molecule has 19 heavy (non-hydrogen) atoms. The van der Waals surface area contributed by atoms with E-state index in [9.17, 15) is 0 Å². The molecule has 0 atom stereocenters. The lowest BCUT2D eigenvalue weighted by Gasteiger charge is -2.10. The van der Waals surface area contributed by atoms with E-state index >= 15 is 0 Å². The molecule has 4 heteroatoms. The molecule has 0 aliphatic rings. The summed E-state index contributed by atoms with van der Waals surface area (Å²) in [5.41, 5.74) is 5.47. The number of hydrogen-bond acceptors (Lipinski definition) is 3. The van der Waals surface area contributed by atoms with Crippen LogP contribution in [-0.4, -0.2) is 4.98 Å². The van der Waals surface area contributed by atoms with Crippen molar-refractivity contribution in [2.24, 2.45) is 5.84 Å². The van der Waals surface area contributed by atoms with E-state index in [-0.39, 0.29) is 0 Å². The molecule has 0 saturated heterocycles. The monoisotopic (exact) mass is 269 g/mol. The molecule has 0 spiro atoms. The van der Waals surface area contributed by atoms with Gasteiger partial charge in [0.15, 0.2) is 0 Å². The molecular formula is C15H12ClN3. The van der Waals surface area contributed by atoms with Crippen molar-refractivity contribution in [1.82, 2.24) is 4.98 Å². The number of anilines is 1. The standard InChI is InChI=1S/C15H12ClN3/c16-13-7-3-1-5-10(13)12-9-15(19-17)18-14-8-4-2-6-11(12)14/h1-9H,17H2,(H,18,19). The Hall–Kier alpha value is -2.10. The van der Waals surface area contributed by atoms with Crippen molar-refractivity contribution < 1.29 is 0 Å². The SMILES string of the molecule is NNc1cc(-c2ccccc2Cl)c2ccccc2n1. The summed E-state index contributed by atoms with van der Waals surface area (Å²) in [6, 6.07) is 17.6. The second kappa shape index (κ2) is 4.88. The van der Waals surface area contributed by atoms with Crippen LogP contribution in [0.3, 0.4) is 0 Å². The first kappa shape index (κ1) is 12.0. The van der Waals surface area contributed by atoms with Crippen molar-refractivity contribution in [3.63, 3.8) is 0 Å². The van der Waals surface area contributed by atoms with Gasteiger partial charge in [-0.2, -0.15) is 0 Å². The molecule has 2 aromatic carbocycles. The van der Waals surface area contributed by atoms with Crippen molar-refractivity contribution in [1.29, 1.82) is 0 Å². The van der Waals surface area contributed by atoms with Crippen molar-refractivity contribution in [2.45, 2.75) is 0 Å². The fourth-order valence-electron chi connectivity index (χ4n) is 2.15. The van der Waals surface area contributed by atoms with Crippen LogP contribution in [0.5, 0.6) is 0 Å². The van der Waals surface area contributed by atoms with Crippen LogP contribution in [0.25, 0.3) is 22.0 Å². The molecule has 0 amide bonds. The third kappa shape index (κ3) is 2.14. The Morgan fingerprint density at radius 3 is 2.47 bits per heavy atom. The average molecular weight is 270 g/mol. The Bertz CT molecular complexity index is 740. The molecule has 0 saturated carbocycles. The molecular weight excluding hydrogens is 258 g/mol. The minimum atomic E-state index is 0.619. The number of nitrogens with zero attached hydrogens (tertiary/aromatic N) is 1. The number of hydrazine groups is 1. The molecule has 3 N–H and O–H groups in total. The number of nitrogen functional groups attached to an aromatic ring is 1. The highest BCUT2D eigenvalue weighted by Crippen LogP contribution is 2.34. The third-order valence-corrected chi connectivity index (χ3v) is 3.36. The van der Waals surface area contributed by atoms with Crippen LogP contribution in [0.2, 0.25) is 5.02 Å². The Kier molecular flexibility index (Phi) is 3.07. The lowest BCUT2D eigenvalue weighted by molar-refractivity contribution is 1.26. The number of nitrogens with two attached hydrogens (primary N) is 1. The maximum absolute atomic E-state index is 6.28. The molecule has 0 unspecified atom stereocenters. The number of benzene rings is 2. The number of pyridine rings is 1. The van der Waals surface area contributed by atoms with Gasteiger partial charge in [-0.15, -0.1) is 0 Å². The van der Waals surface area contributed by atoms with E-state index in [1.54, 1.807) is 0 Å². The summed E-state index contributed by atoms with van der Waals surface area (Å²) >= 11 is 6.28. The van der Waals surface area contributed by atoms with E-state index in [2.05, 4.69) is 10.4 Å². The summed E-state index contributed by atoms with van der Waals surface area (Å²) in [6.07, 6.45) is 0. The first-order chi connectivity index (χ1) is 9.29. The number of fused-ring (bicyclic) bond motifs is 1. The normalized spacial score (nSPS) is 10.6. The Labute approximate surface area is 116 Å². The molecule has 0 radical (unpaired) electrons. The van der Waals surface area contributed by atoms with Crippen LogP contribution in [0.15, 0.2) is 54.6 Å². The van der Waals surface area contributed by atoms with Crippen LogP contribution in [0.4, 0.5) is 5.82 Å². The van der Waals surface area contributed by atoms with Gasteiger partial charge in [0.1, 0.15) is 5.82 Å². The zero-order chi connectivity index (χ0) is 13.2. The number of hydrogen-bond donors (Lipinski definition) is 2. The van der Waals surface area contributed by atoms with E-state index in [0.29, 0.717) is 10.8 Å². The molecule has 3 aromatic rings. The van der Waals surface area contributed by atoms with E-state index in [0.717, 1.165) is 22.0 Å². The van der Waals surface area contributed by atoms with Crippen molar-refractivity contribution in [3.05, 3.63) is 59.6 Å². The van der Waals surface area contributed by atoms with Crippen LogP contribution in [-0.2, 0) is 0 Å². The van der Waals surface area contributed by atoms with Gasteiger partial charge >= 0.3 is 0 Å². The van der Waals surface area contributed by atoms with Gasteiger partial charge in [-0.3, -0.25) is 0 Å². The first-order valence-corrected chi connectivity index (χ1v) is 6.28. The first-order valence-electron chi connectivity index (χ1n) is 5.91. The van der Waals surface area contributed by atoms with E-state index in [1.807, 2.05) is 54.6 Å². The van der Waals surface area contributed by atoms with Gasteiger partial charge in [0.05, 0.1) is 5.52 Å². The fraction of sp³-hybridized carbons (Fsp3) is 0. The quantitative estimate of drug-likeness (QED) is 0.549. The maximum Gasteiger partial charge on any atom is 0.141 e. The van der Waals surface area contributed by atoms with Gasteiger partial charge in [-0.25, -0.2) is 10.8 Å². The van der Waals surface area contributed by atoms with E-state index in [4.69, 9.17) is 17.4 Å². The van der Waals surface area contributed by atoms with Gasteiger partial charge in [0.2, 0.25) is 0 Å². The van der Waals surface area contributed by atoms with Crippen LogP contribution in [0, 0.1) is 0 Å². The van der Waals surface area contributed by atoms with Crippen LogP contribution < -0.4 is 11.3 Å². The summed E-state index contributed by atoms with van der Waals surface area (Å²) in [6.45, 7) is 0. The van der Waals surface area contributed by atoms with Gasteiger partial charge in [-0.05, 0) is 23.8 Å². The number of halogens is 1. The largest absolute Gasteiger partial charge is 0.308 e. The molecule has 0 fully saturated rings. The molecule has 1 heterocycles. The summed E-state index contributed by atoms with van der Waals surface area (Å²) in [5, 5.41) is 1.76. The number of aromatic nitrogens is 1. The zero-order valence-corrected chi connectivity index (χ0v) is 10.9. The predicted octanol–water partition coefficient (Wildman–Crippen LogP) is 3.84. The van der Waals surface area contributed by atoms with Gasteiger partial charge in [0.25, 0.3) is 0 Å². The van der Waals surface area contributed by atoms with Crippen molar-refractivity contribution in [3.8, 4) is 11.1 Å². The van der Waals surface area contributed by atoms with E-state index in [1.165, 1.54) is 0 Å². The third-order valence-electron chi connectivity index (χ3n) is 3.03. The van der Waals surface area contributed by atoms with E-state index < -0.39 is 0 Å². The highest BCUT2D eigenvalue weighted by Gasteiger charge is 2.09. The molecule has 3 rings (SSSR count). The summed E-state index contributed by atoms with van der Waals surface area (Å²) in [5.74, 6) is 6.10. The Morgan fingerprint density at radius 2 is 1.68 bits per heavy atom. The minimum absolute atomic E-state index is 0.619. The minimum Gasteiger partial charge on any atom is -0.308 e. The van der Waals surface area contributed by atoms with Crippen molar-refractivity contribution in [2.75, 3.05) is 5.43 Å². The predicted molar refractivity (Wildman–Crippen MR) is 80.0 cm³/mol. The van der Waals surface area contributed by atoms with Gasteiger partial charge in [-0.1, -0.05) is 48.0 Å². The average Bonchev–Trinajstić information content (AvgIpc) is 2.46. The highest BCUT2D eigenvalue weighted by molar-refractivity contribution is 6.33. The fourth-order valence-corrected chi connectivity index (χ4v) is 2.39. The van der Waals surface area contributed by atoms with Crippen LogP contribution in [0.1, 0.15) is 0 Å².